The van der Waals surface area contributed by atoms with Gasteiger partial charge in [0, 0.05) is 6.20 Å². The molecule has 0 bridgehead atoms. The molecule has 2 unspecified atom stereocenters. The minimum Gasteiger partial charge on any atom is -0.383 e. The van der Waals surface area contributed by atoms with Crippen molar-refractivity contribution in [2.45, 2.75) is 31.3 Å². The Kier molecular flexibility index (Phi) is 1.37. The molecule has 2 aliphatic rings. The average molecular weight is 178 g/mol. The Morgan fingerprint density at radius 2 is 2.08 bits per heavy atom. The van der Waals surface area contributed by atoms with Crippen molar-refractivity contribution < 1.29 is 5.11 Å². The Morgan fingerprint density at radius 3 is 2.62 bits per heavy atom. The monoisotopic (exact) mass is 178 g/mol. The Bertz CT molecular complexity index is 295. The van der Waals surface area contributed by atoms with Crippen LogP contribution in [-0.2, 0) is 5.60 Å². The van der Waals surface area contributed by atoms with Crippen LogP contribution in [0.5, 0.6) is 0 Å². The summed E-state index contributed by atoms with van der Waals surface area (Å²) in [6.45, 7) is 0. The Morgan fingerprint density at radius 1 is 1.38 bits per heavy atom. The topological polar surface area (TPSA) is 48.9 Å². The molecule has 2 N–H and O–H groups in total. The zero-order valence-corrected chi connectivity index (χ0v) is 7.53. The summed E-state index contributed by atoms with van der Waals surface area (Å²) >= 11 is 0. The summed E-state index contributed by atoms with van der Waals surface area (Å²) in [5, 5.41) is 17.2. The van der Waals surface area contributed by atoms with Gasteiger partial charge in [0.05, 0.1) is 5.69 Å². The number of hydrogen-bond acceptors (Lipinski definition) is 2. The van der Waals surface area contributed by atoms with E-state index < -0.39 is 5.60 Å². The second kappa shape index (κ2) is 2.35. The van der Waals surface area contributed by atoms with Gasteiger partial charge in [-0.1, -0.05) is 12.8 Å². The molecular weight excluding hydrogens is 164 g/mol. The van der Waals surface area contributed by atoms with Crippen molar-refractivity contribution in [2.75, 3.05) is 0 Å². The fraction of sp³-hybridized carbons (Fsp3) is 0.700. The van der Waals surface area contributed by atoms with Crippen molar-refractivity contribution in [1.82, 2.24) is 10.2 Å². The number of aromatic nitrogens is 2. The largest absolute Gasteiger partial charge is 0.383 e. The first kappa shape index (κ1) is 7.56. The van der Waals surface area contributed by atoms with E-state index in [9.17, 15) is 5.11 Å². The van der Waals surface area contributed by atoms with E-state index in [-0.39, 0.29) is 0 Å². The van der Waals surface area contributed by atoms with Crippen LogP contribution in [0.3, 0.4) is 0 Å². The lowest BCUT2D eigenvalue weighted by atomic mass is 10.0. The maximum Gasteiger partial charge on any atom is 0.112 e. The highest BCUT2D eigenvalue weighted by Gasteiger charge is 2.65. The Labute approximate surface area is 77.2 Å². The first-order valence-corrected chi connectivity index (χ1v) is 5.05. The molecule has 2 aliphatic carbocycles. The molecular formula is C10H14N2O. The van der Waals surface area contributed by atoms with Gasteiger partial charge in [0.15, 0.2) is 0 Å². The van der Waals surface area contributed by atoms with Crippen LogP contribution < -0.4 is 0 Å². The fourth-order valence-corrected chi connectivity index (χ4v) is 2.97. The maximum absolute atomic E-state index is 10.4. The summed E-state index contributed by atoms with van der Waals surface area (Å²) in [5.41, 5.74) is 0.372. The predicted octanol–water partition coefficient (Wildman–Crippen LogP) is 1.42. The standard InChI is InChI=1S/C10H14N2O/c13-10(9-5-6-11-12-9)7-3-1-2-4-8(7)10/h5-8,13H,1-4H2,(H,11,12). The van der Waals surface area contributed by atoms with Crippen molar-refractivity contribution >= 4 is 0 Å². The molecule has 3 nitrogen and oxygen atoms in total. The highest BCUT2D eigenvalue weighted by Crippen LogP contribution is 2.63. The van der Waals surface area contributed by atoms with Crippen LogP contribution in [-0.4, -0.2) is 15.3 Å². The molecule has 0 radical (unpaired) electrons. The molecule has 0 amide bonds. The van der Waals surface area contributed by atoms with Gasteiger partial charge >= 0.3 is 0 Å². The minimum atomic E-state index is -0.549. The number of aliphatic hydroxyl groups is 1. The first-order chi connectivity index (χ1) is 6.33. The summed E-state index contributed by atoms with van der Waals surface area (Å²) in [7, 11) is 0. The summed E-state index contributed by atoms with van der Waals surface area (Å²) in [5.74, 6) is 1.00. The number of nitrogens with one attached hydrogen (secondary N) is 1. The third kappa shape index (κ3) is 0.854. The number of fused-ring (bicyclic) bond motifs is 1. The molecule has 0 aliphatic heterocycles. The first-order valence-electron chi connectivity index (χ1n) is 5.05. The second-order valence-electron chi connectivity index (χ2n) is 4.29. The van der Waals surface area contributed by atoms with Gasteiger partial charge in [0.2, 0.25) is 0 Å². The average Bonchev–Trinajstić information content (AvgIpc) is 2.62. The third-order valence-electron chi connectivity index (χ3n) is 3.72. The lowest BCUT2D eigenvalue weighted by Crippen LogP contribution is -2.10. The molecule has 0 spiro atoms. The summed E-state index contributed by atoms with van der Waals surface area (Å²) < 4.78 is 0. The molecule has 1 heterocycles. The van der Waals surface area contributed by atoms with Crippen molar-refractivity contribution in [1.29, 1.82) is 0 Å². The Balaban J connectivity index is 1.92. The van der Waals surface area contributed by atoms with Crippen LogP contribution in [0.1, 0.15) is 31.4 Å². The zero-order chi connectivity index (χ0) is 8.89. The van der Waals surface area contributed by atoms with Gasteiger partial charge < -0.3 is 5.11 Å². The molecule has 1 aromatic heterocycles. The van der Waals surface area contributed by atoms with Crippen LogP contribution in [0.2, 0.25) is 0 Å². The van der Waals surface area contributed by atoms with E-state index >= 15 is 0 Å². The lowest BCUT2D eigenvalue weighted by molar-refractivity contribution is 0.113. The van der Waals surface area contributed by atoms with Gasteiger partial charge in [-0.2, -0.15) is 5.10 Å². The van der Waals surface area contributed by atoms with E-state index in [1.165, 1.54) is 25.7 Å². The van der Waals surface area contributed by atoms with Crippen LogP contribution in [0, 0.1) is 11.8 Å². The van der Waals surface area contributed by atoms with Crippen molar-refractivity contribution in [2.24, 2.45) is 11.8 Å². The number of H-pyrrole nitrogens is 1. The molecule has 2 atom stereocenters. The lowest BCUT2D eigenvalue weighted by Gasteiger charge is -2.06. The van der Waals surface area contributed by atoms with Gasteiger partial charge in [-0.25, -0.2) is 0 Å². The number of hydrogen-bond donors (Lipinski definition) is 2. The molecule has 2 saturated carbocycles. The summed E-state index contributed by atoms with van der Waals surface area (Å²) in [6.07, 6.45) is 6.63. The molecule has 0 aromatic carbocycles. The molecule has 0 saturated heterocycles. The van der Waals surface area contributed by atoms with E-state index in [4.69, 9.17) is 0 Å². The van der Waals surface area contributed by atoms with Crippen molar-refractivity contribution in [3.8, 4) is 0 Å². The highest BCUT2D eigenvalue weighted by molar-refractivity contribution is 5.26. The molecule has 3 rings (SSSR count). The molecule has 3 heteroatoms. The number of aromatic amines is 1. The molecule has 13 heavy (non-hydrogen) atoms. The molecule has 70 valence electrons. The van der Waals surface area contributed by atoms with Crippen LogP contribution >= 0.6 is 0 Å². The van der Waals surface area contributed by atoms with Gasteiger partial charge in [0.25, 0.3) is 0 Å². The van der Waals surface area contributed by atoms with Crippen molar-refractivity contribution in [3.05, 3.63) is 18.0 Å². The van der Waals surface area contributed by atoms with E-state index in [0.717, 1.165) is 5.69 Å². The summed E-state index contributed by atoms with van der Waals surface area (Å²) in [4.78, 5) is 0. The van der Waals surface area contributed by atoms with Crippen LogP contribution in [0.4, 0.5) is 0 Å². The van der Waals surface area contributed by atoms with E-state index in [1.807, 2.05) is 6.07 Å². The van der Waals surface area contributed by atoms with E-state index in [0.29, 0.717) is 11.8 Å². The van der Waals surface area contributed by atoms with Gasteiger partial charge in [-0.05, 0) is 30.7 Å². The van der Waals surface area contributed by atoms with Crippen molar-refractivity contribution in [3.63, 3.8) is 0 Å². The van der Waals surface area contributed by atoms with E-state index in [2.05, 4.69) is 10.2 Å². The smallest absolute Gasteiger partial charge is 0.112 e. The quantitative estimate of drug-likeness (QED) is 0.683. The maximum atomic E-state index is 10.4. The van der Waals surface area contributed by atoms with E-state index in [1.54, 1.807) is 6.20 Å². The number of nitrogens with zero attached hydrogens (tertiary/aromatic N) is 1. The second-order valence-corrected chi connectivity index (χ2v) is 4.29. The Hall–Kier alpha value is -0.830. The highest BCUT2D eigenvalue weighted by atomic mass is 16.3. The van der Waals surface area contributed by atoms with Crippen LogP contribution in [0.15, 0.2) is 12.3 Å². The molecule has 1 aromatic rings. The SMILES string of the molecule is OC1(c2ccn[nH]2)C2CCCCC21. The minimum absolute atomic E-state index is 0.502. The predicted molar refractivity (Wildman–Crippen MR) is 47.9 cm³/mol. The molecule has 2 fully saturated rings. The zero-order valence-electron chi connectivity index (χ0n) is 7.53. The van der Waals surface area contributed by atoms with Gasteiger partial charge in [-0.3, -0.25) is 5.10 Å². The summed E-state index contributed by atoms with van der Waals surface area (Å²) in [6, 6.07) is 1.90. The number of rotatable bonds is 1. The normalized spacial score (nSPS) is 42.8. The van der Waals surface area contributed by atoms with Gasteiger partial charge in [0.1, 0.15) is 5.60 Å². The van der Waals surface area contributed by atoms with Crippen LogP contribution in [0.25, 0.3) is 0 Å². The fourth-order valence-electron chi connectivity index (χ4n) is 2.97. The van der Waals surface area contributed by atoms with Gasteiger partial charge in [-0.15, -0.1) is 0 Å². The third-order valence-corrected chi connectivity index (χ3v) is 3.72.